The molecule has 0 radical (unpaired) electrons. The molecule has 5 heteroatoms. The second-order valence-corrected chi connectivity index (χ2v) is 6.70. The third-order valence-corrected chi connectivity index (χ3v) is 3.29. The summed E-state index contributed by atoms with van der Waals surface area (Å²) in [7, 11) is 0. The van der Waals surface area contributed by atoms with E-state index in [2.05, 4.69) is 41.4 Å². The van der Waals surface area contributed by atoms with Crippen LogP contribution in [0.5, 0.6) is 11.5 Å². The lowest BCUT2D eigenvalue weighted by molar-refractivity contribution is 0.485. The lowest BCUT2D eigenvalue weighted by atomic mass is 10.1. The highest BCUT2D eigenvalue weighted by atomic mass is 16.5. The average Bonchev–Trinajstić information content (AvgIpc) is 2.56. The molecule has 1 aromatic heterocycles. The van der Waals surface area contributed by atoms with Crippen molar-refractivity contribution in [2.24, 2.45) is 0 Å². The Morgan fingerprint density at radius 3 is 2.28 bits per heavy atom. The summed E-state index contributed by atoms with van der Waals surface area (Å²) in [6, 6.07) is 19.3. The van der Waals surface area contributed by atoms with Gasteiger partial charge in [0.05, 0.1) is 5.69 Å². The Morgan fingerprint density at radius 1 is 0.840 bits per heavy atom. The van der Waals surface area contributed by atoms with Gasteiger partial charge in [0.15, 0.2) is 5.75 Å². The van der Waals surface area contributed by atoms with E-state index >= 15 is 0 Å². The molecule has 3 rings (SSSR count). The summed E-state index contributed by atoms with van der Waals surface area (Å²) in [5, 5.41) is 6.64. The fourth-order valence-corrected chi connectivity index (χ4v) is 2.29. The third kappa shape index (κ3) is 4.94. The molecule has 0 unspecified atom stereocenters. The van der Waals surface area contributed by atoms with Crippen molar-refractivity contribution in [3.8, 4) is 11.5 Å². The van der Waals surface area contributed by atoms with Crippen LogP contribution in [-0.2, 0) is 0 Å². The molecule has 2 N–H and O–H groups in total. The second-order valence-electron chi connectivity index (χ2n) is 6.70. The Morgan fingerprint density at radius 2 is 1.52 bits per heavy atom. The molecule has 0 fully saturated rings. The summed E-state index contributed by atoms with van der Waals surface area (Å²) in [4.78, 5) is 8.56. The van der Waals surface area contributed by atoms with E-state index in [-0.39, 0.29) is 5.54 Å². The maximum atomic E-state index is 5.97. The SMILES string of the molecule is CC(C)(C)Nc1cc(Nc2ccccc2Oc2ccccc2)ncn1. The van der Waals surface area contributed by atoms with Gasteiger partial charge in [-0.3, -0.25) is 0 Å². The quantitative estimate of drug-likeness (QED) is 0.669. The minimum atomic E-state index is -0.0695. The zero-order chi connectivity index (χ0) is 17.7. The first-order chi connectivity index (χ1) is 12.0. The maximum absolute atomic E-state index is 5.97. The van der Waals surface area contributed by atoms with Crippen LogP contribution in [0, 0.1) is 0 Å². The van der Waals surface area contributed by atoms with Crippen LogP contribution in [-0.4, -0.2) is 15.5 Å². The molecule has 0 saturated carbocycles. The van der Waals surface area contributed by atoms with Crippen LogP contribution in [0.3, 0.4) is 0 Å². The third-order valence-electron chi connectivity index (χ3n) is 3.29. The molecule has 0 aliphatic rings. The number of benzene rings is 2. The largest absolute Gasteiger partial charge is 0.455 e. The Balaban J connectivity index is 1.80. The number of aromatic nitrogens is 2. The predicted octanol–water partition coefficient (Wildman–Crippen LogP) is 5.22. The fraction of sp³-hybridized carbons (Fsp3) is 0.200. The normalized spacial score (nSPS) is 11.0. The number of anilines is 3. The first-order valence-corrected chi connectivity index (χ1v) is 8.19. The van der Waals surface area contributed by atoms with E-state index < -0.39 is 0 Å². The van der Waals surface area contributed by atoms with E-state index in [0.717, 1.165) is 23.0 Å². The summed E-state index contributed by atoms with van der Waals surface area (Å²) < 4.78 is 5.97. The summed E-state index contributed by atoms with van der Waals surface area (Å²) >= 11 is 0. The summed E-state index contributed by atoms with van der Waals surface area (Å²) in [5.74, 6) is 2.99. The monoisotopic (exact) mass is 334 g/mol. The maximum Gasteiger partial charge on any atom is 0.150 e. The smallest absolute Gasteiger partial charge is 0.150 e. The summed E-state index contributed by atoms with van der Waals surface area (Å²) in [6.07, 6.45) is 1.54. The minimum Gasteiger partial charge on any atom is -0.455 e. The number of rotatable bonds is 5. The molecule has 5 nitrogen and oxygen atoms in total. The van der Waals surface area contributed by atoms with Crippen LogP contribution >= 0.6 is 0 Å². The molecule has 0 aliphatic heterocycles. The first-order valence-electron chi connectivity index (χ1n) is 8.19. The highest BCUT2D eigenvalue weighted by Gasteiger charge is 2.11. The van der Waals surface area contributed by atoms with Crippen molar-refractivity contribution in [1.29, 1.82) is 0 Å². The summed E-state index contributed by atoms with van der Waals surface area (Å²) in [6.45, 7) is 6.27. The van der Waals surface area contributed by atoms with Gasteiger partial charge in [-0.25, -0.2) is 9.97 Å². The van der Waals surface area contributed by atoms with Gasteiger partial charge in [0.2, 0.25) is 0 Å². The molecule has 128 valence electrons. The molecule has 0 atom stereocenters. The molecular formula is C20H22N4O. The number of hydrogen-bond donors (Lipinski definition) is 2. The van der Waals surface area contributed by atoms with Crippen molar-refractivity contribution in [3.63, 3.8) is 0 Å². The molecule has 0 saturated heterocycles. The zero-order valence-electron chi connectivity index (χ0n) is 14.7. The van der Waals surface area contributed by atoms with E-state index in [1.54, 1.807) is 0 Å². The molecule has 0 amide bonds. The van der Waals surface area contributed by atoms with Gasteiger partial charge in [0.1, 0.15) is 23.7 Å². The van der Waals surface area contributed by atoms with Crippen LogP contribution in [0.2, 0.25) is 0 Å². The lowest BCUT2D eigenvalue weighted by Gasteiger charge is -2.21. The summed E-state index contributed by atoms with van der Waals surface area (Å²) in [5.41, 5.74) is 0.770. The Bertz CT molecular complexity index is 828. The standard InChI is InChI=1S/C20H22N4O/c1-20(2,3)24-19-13-18(21-14-22-19)23-16-11-7-8-12-17(16)25-15-9-5-4-6-10-15/h4-14H,1-3H3,(H2,21,22,23,24). The van der Waals surface area contributed by atoms with Gasteiger partial charge < -0.3 is 15.4 Å². The second kappa shape index (κ2) is 7.21. The Kier molecular flexibility index (Phi) is 4.84. The Hall–Kier alpha value is -3.08. The number of para-hydroxylation sites is 3. The minimum absolute atomic E-state index is 0.0695. The molecule has 0 spiro atoms. The molecule has 0 aliphatic carbocycles. The number of ether oxygens (including phenoxy) is 1. The number of nitrogens with one attached hydrogen (secondary N) is 2. The zero-order valence-corrected chi connectivity index (χ0v) is 14.7. The predicted molar refractivity (Wildman–Crippen MR) is 102 cm³/mol. The van der Waals surface area contributed by atoms with Gasteiger partial charge in [0.25, 0.3) is 0 Å². The molecule has 3 aromatic rings. The van der Waals surface area contributed by atoms with Crippen molar-refractivity contribution in [2.45, 2.75) is 26.3 Å². The van der Waals surface area contributed by atoms with Gasteiger partial charge in [-0.05, 0) is 45.0 Å². The van der Waals surface area contributed by atoms with Crippen LogP contribution < -0.4 is 15.4 Å². The first kappa shape index (κ1) is 16.8. The topological polar surface area (TPSA) is 59.1 Å². The van der Waals surface area contributed by atoms with E-state index in [1.165, 1.54) is 6.33 Å². The molecule has 0 bridgehead atoms. The van der Waals surface area contributed by atoms with Crippen LogP contribution in [0.25, 0.3) is 0 Å². The van der Waals surface area contributed by atoms with Crippen molar-refractivity contribution in [1.82, 2.24) is 9.97 Å². The lowest BCUT2D eigenvalue weighted by Crippen LogP contribution is -2.26. The Labute approximate surface area is 148 Å². The van der Waals surface area contributed by atoms with Gasteiger partial charge in [0, 0.05) is 11.6 Å². The van der Waals surface area contributed by atoms with Gasteiger partial charge >= 0.3 is 0 Å². The van der Waals surface area contributed by atoms with Crippen molar-refractivity contribution >= 4 is 17.3 Å². The van der Waals surface area contributed by atoms with Crippen LogP contribution in [0.1, 0.15) is 20.8 Å². The van der Waals surface area contributed by atoms with Crippen molar-refractivity contribution in [2.75, 3.05) is 10.6 Å². The van der Waals surface area contributed by atoms with Crippen LogP contribution in [0.15, 0.2) is 67.0 Å². The van der Waals surface area contributed by atoms with Gasteiger partial charge in [-0.15, -0.1) is 0 Å². The highest BCUT2D eigenvalue weighted by molar-refractivity contribution is 5.66. The van der Waals surface area contributed by atoms with Crippen molar-refractivity contribution < 1.29 is 4.74 Å². The van der Waals surface area contributed by atoms with E-state index in [0.29, 0.717) is 5.82 Å². The highest BCUT2D eigenvalue weighted by Crippen LogP contribution is 2.31. The van der Waals surface area contributed by atoms with E-state index in [9.17, 15) is 0 Å². The van der Waals surface area contributed by atoms with Gasteiger partial charge in [-0.2, -0.15) is 0 Å². The molecule has 25 heavy (non-hydrogen) atoms. The number of nitrogens with zero attached hydrogens (tertiary/aromatic N) is 2. The van der Waals surface area contributed by atoms with Gasteiger partial charge in [-0.1, -0.05) is 30.3 Å². The molecule has 2 aromatic carbocycles. The van der Waals surface area contributed by atoms with E-state index in [4.69, 9.17) is 4.74 Å². The fourth-order valence-electron chi connectivity index (χ4n) is 2.29. The molecular weight excluding hydrogens is 312 g/mol. The molecule has 1 heterocycles. The van der Waals surface area contributed by atoms with Crippen LogP contribution in [0.4, 0.5) is 17.3 Å². The van der Waals surface area contributed by atoms with E-state index in [1.807, 2.05) is 60.7 Å². The number of hydrogen-bond acceptors (Lipinski definition) is 5. The van der Waals surface area contributed by atoms with Crippen molar-refractivity contribution in [3.05, 3.63) is 67.0 Å². The average molecular weight is 334 g/mol.